The van der Waals surface area contributed by atoms with Crippen LogP contribution in [0.5, 0.6) is 0 Å². The van der Waals surface area contributed by atoms with Gasteiger partial charge in [-0.15, -0.1) is 0 Å². The van der Waals surface area contributed by atoms with Crippen molar-refractivity contribution in [3.8, 4) is 0 Å². The van der Waals surface area contributed by atoms with Crippen LogP contribution < -0.4 is 5.73 Å². The summed E-state index contributed by atoms with van der Waals surface area (Å²) in [5.74, 6) is 1.02. The van der Waals surface area contributed by atoms with Crippen LogP contribution in [-0.2, 0) is 0 Å². The zero-order valence-corrected chi connectivity index (χ0v) is 7.53. The van der Waals surface area contributed by atoms with Crippen molar-refractivity contribution >= 4 is 5.96 Å². The number of guanidine groups is 1. The summed E-state index contributed by atoms with van der Waals surface area (Å²) in [6.45, 7) is 4.08. The molecule has 0 aromatic rings. The first-order chi connectivity index (χ1) is 5.74. The Morgan fingerprint density at radius 3 is 2.92 bits per heavy atom. The van der Waals surface area contributed by atoms with Crippen molar-refractivity contribution in [1.82, 2.24) is 4.90 Å². The maximum absolute atomic E-state index is 8.47. The van der Waals surface area contributed by atoms with Gasteiger partial charge in [-0.2, -0.15) is 0 Å². The number of likely N-dealkylation sites (tertiary alicyclic amines) is 1. The maximum atomic E-state index is 8.47. The number of nitrogens with zero attached hydrogens (tertiary/aromatic N) is 2. The van der Waals surface area contributed by atoms with Crippen molar-refractivity contribution in [3.63, 3.8) is 0 Å². The SMILES string of the molecule is CC1CCCN(C(N)=NO)CC1. The Morgan fingerprint density at radius 2 is 2.25 bits per heavy atom. The Kier molecular flexibility index (Phi) is 3.19. The third kappa shape index (κ3) is 2.29. The molecular weight excluding hydrogens is 154 g/mol. The molecule has 12 heavy (non-hydrogen) atoms. The van der Waals surface area contributed by atoms with E-state index in [2.05, 4.69) is 12.1 Å². The smallest absolute Gasteiger partial charge is 0.233 e. The Bertz CT molecular complexity index is 170. The summed E-state index contributed by atoms with van der Waals surface area (Å²) in [4.78, 5) is 1.93. The molecule has 0 aromatic heterocycles. The highest BCUT2D eigenvalue weighted by atomic mass is 16.4. The second kappa shape index (κ2) is 4.18. The van der Waals surface area contributed by atoms with Gasteiger partial charge in [0.2, 0.25) is 5.96 Å². The molecule has 0 radical (unpaired) electrons. The molecule has 1 unspecified atom stereocenters. The van der Waals surface area contributed by atoms with Crippen molar-refractivity contribution in [2.45, 2.75) is 26.2 Å². The normalized spacial score (nSPS) is 26.9. The summed E-state index contributed by atoms with van der Waals surface area (Å²) in [6, 6.07) is 0. The molecule has 1 saturated heterocycles. The molecule has 4 heteroatoms. The summed E-state index contributed by atoms with van der Waals surface area (Å²) in [6.07, 6.45) is 3.52. The van der Waals surface area contributed by atoms with Crippen LogP contribution in [0.4, 0.5) is 0 Å². The number of hydrogen-bond donors (Lipinski definition) is 2. The van der Waals surface area contributed by atoms with Gasteiger partial charge in [0, 0.05) is 13.1 Å². The molecule has 1 heterocycles. The van der Waals surface area contributed by atoms with Crippen molar-refractivity contribution in [2.75, 3.05) is 13.1 Å². The van der Waals surface area contributed by atoms with Gasteiger partial charge < -0.3 is 15.8 Å². The van der Waals surface area contributed by atoms with Crippen LogP contribution in [-0.4, -0.2) is 29.2 Å². The van der Waals surface area contributed by atoms with Crippen LogP contribution in [0.2, 0.25) is 0 Å². The molecule has 1 aliphatic rings. The van der Waals surface area contributed by atoms with Crippen LogP contribution >= 0.6 is 0 Å². The third-order valence-corrected chi connectivity index (χ3v) is 2.44. The van der Waals surface area contributed by atoms with Crippen molar-refractivity contribution < 1.29 is 5.21 Å². The van der Waals surface area contributed by atoms with Gasteiger partial charge in [0.1, 0.15) is 0 Å². The molecule has 1 atom stereocenters. The fourth-order valence-electron chi connectivity index (χ4n) is 1.56. The third-order valence-electron chi connectivity index (χ3n) is 2.44. The Hall–Kier alpha value is -0.930. The lowest BCUT2D eigenvalue weighted by Crippen LogP contribution is -2.37. The van der Waals surface area contributed by atoms with Crippen molar-refractivity contribution in [3.05, 3.63) is 0 Å². The highest BCUT2D eigenvalue weighted by Crippen LogP contribution is 2.15. The number of hydrogen-bond acceptors (Lipinski definition) is 2. The molecule has 0 saturated carbocycles. The van der Waals surface area contributed by atoms with Gasteiger partial charge in [0.05, 0.1) is 0 Å². The van der Waals surface area contributed by atoms with Crippen molar-refractivity contribution in [1.29, 1.82) is 0 Å². The molecule has 1 aliphatic heterocycles. The molecule has 0 aromatic carbocycles. The highest BCUT2D eigenvalue weighted by Gasteiger charge is 2.14. The zero-order chi connectivity index (χ0) is 8.97. The first kappa shape index (κ1) is 9.16. The number of oxime groups is 1. The first-order valence-corrected chi connectivity index (χ1v) is 4.46. The lowest BCUT2D eigenvalue weighted by Gasteiger charge is -2.19. The molecule has 70 valence electrons. The standard InChI is InChI=1S/C8H17N3O/c1-7-3-2-5-11(6-4-7)8(9)10-12/h7,12H,2-6H2,1H3,(H2,9,10). The number of nitrogens with two attached hydrogens (primary N) is 1. The van der Waals surface area contributed by atoms with E-state index >= 15 is 0 Å². The van der Waals surface area contributed by atoms with Gasteiger partial charge >= 0.3 is 0 Å². The first-order valence-electron chi connectivity index (χ1n) is 4.46. The van der Waals surface area contributed by atoms with Gasteiger partial charge in [-0.25, -0.2) is 0 Å². The quantitative estimate of drug-likeness (QED) is 0.245. The fraction of sp³-hybridized carbons (Fsp3) is 0.875. The molecule has 4 nitrogen and oxygen atoms in total. The maximum Gasteiger partial charge on any atom is 0.233 e. The largest absolute Gasteiger partial charge is 0.408 e. The van der Waals surface area contributed by atoms with Gasteiger partial charge in [-0.05, 0) is 25.2 Å². The highest BCUT2D eigenvalue weighted by molar-refractivity contribution is 5.77. The zero-order valence-electron chi connectivity index (χ0n) is 7.53. The Labute approximate surface area is 73.0 Å². The van der Waals surface area contributed by atoms with Gasteiger partial charge in [-0.1, -0.05) is 12.1 Å². The topological polar surface area (TPSA) is 61.8 Å². The summed E-state index contributed by atoms with van der Waals surface area (Å²) < 4.78 is 0. The minimum Gasteiger partial charge on any atom is -0.408 e. The van der Waals surface area contributed by atoms with Gasteiger partial charge in [-0.3, -0.25) is 0 Å². The van der Waals surface area contributed by atoms with Crippen LogP contribution in [0.25, 0.3) is 0 Å². The van der Waals surface area contributed by atoms with Crippen LogP contribution in [0.3, 0.4) is 0 Å². The predicted octanol–water partition coefficient (Wildman–Crippen LogP) is 0.812. The van der Waals surface area contributed by atoms with E-state index in [1.54, 1.807) is 0 Å². The molecule has 1 rings (SSSR count). The number of rotatable bonds is 0. The van der Waals surface area contributed by atoms with Crippen LogP contribution in [0, 0.1) is 5.92 Å². The predicted molar refractivity (Wildman–Crippen MR) is 48.0 cm³/mol. The van der Waals surface area contributed by atoms with E-state index in [4.69, 9.17) is 10.9 Å². The summed E-state index contributed by atoms with van der Waals surface area (Å²) >= 11 is 0. The van der Waals surface area contributed by atoms with E-state index in [9.17, 15) is 0 Å². The van der Waals surface area contributed by atoms with E-state index in [1.165, 1.54) is 6.42 Å². The van der Waals surface area contributed by atoms with E-state index < -0.39 is 0 Å². The molecular formula is C8H17N3O. The summed E-state index contributed by atoms with van der Waals surface area (Å²) in [5, 5.41) is 11.5. The monoisotopic (exact) mass is 171 g/mol. The lowest BCUT2D eigenvalue weighted by molar-refractivity contribution is 0.298. The van der Waals surface area contributed by atoms with Gasteiger partial charge in [0.25, 0.3) is 0 Å². The molecule has 0 amide bonds. The Morgan fingerprint density at radius 1 is 1.50 bits per heavy atom. The second-order valence-electron chi connectivity index (χ2n) is 3.48. The molecule has 0 spiro atoms. The molecule has 3 N–H and O–H groups in total. The van der Waals surface area contributed by atoms with E-state index in [0.29, 0.717) is 0 Å². The second-order valence-corrected chi connectivity index (χ2v) is 3.48. The van der Waals surface area contributed by atoms with E-state index in [-0.39, 0.29) is 5.96 Å². The van der Waals surface area contributed by atoms with E-state index in [0.717, 1.165) is 31.8 Å². The average molecular weight is 171 g/mol. The summed E-state index contributed by atoms with van der Waals surface area (Å²) in [5.41, 5.74) is 5.49. The van der Waals surface area contributed by atoms with Crippen molar-refractivity contribution in [2.24, 2.45) is 16.8 Å². The minimum absolute atomic E-state index is 0.254. The van der Waals surface area contributed by atoms with Gasteiger partial charge in [0.15, 0.2) is 0 Å². The fourth-order valence-corrected chi connectivity index (χ4v) is 1.56. The minimum atomic E-state index is 0.254. The molecule has 1 fully saturated rings. The average Bonchev–Trinajstić information content (AvgIpc) is 2.29. The van der Waals surface area contributed by atoms with Crippen LogP contribution in [0.1, 0.15) is 26.2 Å². The lowest BCUT2D eigenvalue weighted by atomic mass is 10.0. The molecule has 0 aliphatic carbocycles. The Balaban J connectivity index is 2.46. The summed E-state index contributed by atoms with van der Waals surface area (Å²) in [7, 11) is 0. The van der Waals surface area contributed by atoms with Crippen LogP contribution in [0.15, 0.2) is 5.16 Å². The molecule has 0 bridgehead atoms. The van der Waals surface area contributed by atoms with E-state index in [1.807, 2.05) is 4.90 Å².